The molecule has 2 rings (SSSR count). The summed E-state index contributed by atoms with van der Waals surface area (Å²) in [6.45, 7) is 0.711. The van der Waals surface area contributed by atoms with E-state index in [-0.39, 0.29) is 11.9 Å². The van der Waals surface area contributed by atoms with Gasteiger partial charge in [0.1, 0.15) is 6.04 Å². The average molecular weight is 295 g/mol. The van der Waals surface area contributed by atoms with Crippen molar-refractivity contribution in [1.29, 1.82) is 0 Å². The summed E-state index contributed by atoms with van der Waals surface area (Å²) >= 11 is 5.95. The Hall–Kier alpha value is -2.01. The lowest BCUT2D eigenvalue weighted by Crippen LogP contribution is -2.40. The molecule has 1 unspecified atom stereocenters. The molecule has 0 spiro atoms. The number of nitrogens with two attached hydrogens (primary N) is 1. The summed E-state index contributed by atoms with van der Waals surface area (Å²) in [6.07, 6.45) is 4.10. The van der Waals surface area contributed by atoms with Gasteiger partial charge in [0, 0.05) is 23.3 Å². The van der Waals surface area contributed by atoms with Crippen molar-refractivity contribution < 1.29 is 14.7 Å². The Labute approximate surface area is 121 Å². The second kappa shape index (κ2) is 5.96. The molecule has 1 fully saturated rings. The van der Waals surface area contributed by atoms with Gasteiger partial charge in [0.05, 0.1) is 0 Å². The van der Waals surface area contributed by atoms with Crippen LogP contribution in [-0.4, -0.2) is 29.6 Å². The molecule has 5 nitrogen and oxygen atoms in total. The molecule has 1 heterocycles. The number of aliphatic carboxylic acids is 1. The van der Waals surface area contributed by atoms with E-state index in [1.165, 1.54) is 6.08 Å². The average Bonchev–Trinajstić information content (AvgIpc) is 2.85. The van der Waals surface area contributed by atoms with Gasteiger partial charge in [0.2, 0.25) is 5.91 Å². The van der Waals surface area contributed by atoms with Crippen LogP contribution in [-0.2, 0) is 9.59 Å². The van der Waals surface area contributed by atoms with Crippen LogP contribution < -0.4 is 10.6 Å². The highest BCUT2D eigenvalue weighted by molar-refractivity contribution is 6.30. The molecule has 0 saturated carbocycles. The predicted molar refractivity (Wildman–Crippen MR) is 77.7 cm³/mol. The molecule has 0 aromatic heterocycles. The minimum Gasteiger partial charge on any atom is -0.478 e. The summed E-state index contributed by atoms with van der Waals surface area (Å²) in [5, 5.41) is 9.24. The standard InChI is InChI=1S/C14H15ClN2O3/c15-10-4-5-11(9(8-10)3-6-13(18)19)17-7-1-2-12(17)14(16)20/h3-6,8,12H,1-2,7H2,(H2,16,20)(H,18,19)/b6-3+. The maximum atomic E-state index is 11.5. The third-order valence-corrected chi connectivity index (χ3v) is 3.52. The molecule has 1 aliphatic rings. The van der Waals surface area contributed by atoms with Crippen LogP contribution in [0.5, 0.6) is 0 Å². The van der Waals surface area contributed by atoms with E-state index >= 15 is 0 Å². The third-order valence-electron chi connectivity index (χ3n) is 3.29. The van der Waals surface area contributed by atoms with E-state index in [1.807, 2.05) is 4.90 Å². The third kappa shape index (κ3) is 3.11. The molecule has 0 radical (unpaired) electrons. The zero-order valence-corrected chi connectivity index (χ0v) is 11.5. The largest absolute Gasteiger partial charge is 0.478 e. The second-order valence-electron chi connectivity index (χ2n) is 4.63. The Morgan fingerprint density at radius 2 is 2.20 bits per heavy atom. The monoisotopic (exact) mass is 294 g/mol. The van der Waals surface area contributed by atoms with E-state index in [2.05, 4.69) is 0 Å². The fraction of sp³-hybridized carbons (Fsp3) is 0.286. The number of carboxylic acids is 1. The Morgan fingerprint density at radius 3 is 2.85 bits per heavy atom. The van der Waals surface area contributed by atoms with Crippen molar-refractivity contribution in [3.63, 3.8) is 0 Å². The van der Waals surface area contributed by atoms with Crippen LogP contribution in [0.25, 0.3) is 6.08 Å². The number of benzene rings is 1. The van der Waals surface area contributed by atoms with Gasteiger partial charge in [-0.15, -0.1) is 0 Å². The maximum absolute atomic E-state index is 11.5. The first kappa shape index (κ1) is 14.4. The van der Waals surface area contributed by atoms with Crippen molar-refractivity contribution in [2.24, 2.45) is 5.73 Å². The fourth-order valence-electron chi connectivity index (χ4n) is 2.43. The van der Waals surface area contributed by atoms with Gasteiger partial charge in [0.15, 0.2) is 0 Å². The van der Waals surface area contributed by atoms with Crippen molar-refractivity contribution in [3.05, 3.63) is 34.9 Å². The molecular weight excluding hydrogens is 280 g/mol. The number of carbonyl (C=O) groups is 2. The zero-order chi connectivity index (χ0) is 14.7. The van der Waals surface area contributed by atoms with Gasteiger partial charge in [-0.2, -0.15) is 0 Å². The number of carboxylic acid groups (broad SMARTS) is 1. The molecule has 1 atom stereocenters. The van der Waals surface area contributed by atoms with E-state index in [4.69, 9.17) is 22.4 Å². The van der Waals surface area contributed by atoms with Gasteiger partial charge < -0.3 is 15.7 Å². The first-order valence-electron chi connectivity index (χ1n) is 6.25. The summed E-state index contributed by atoms with van der Waals surface area (Å²) in [4.78, 5) is 24.0. The summed E-state index contributed by atoms with van der Waals surface area (Å²) in [5.41, 5.74) is 6.84. The van der Waals surface area contributed by atoms with Crippen molar-refractivity contribution >= 4 is 35.2 Å². The van der Waals surface area contributed by atoms with Crippen molar-refractivity contribution in [3.8, 4) is 0 Å². The smallest absolute Gasteiger partial charge is 0.328 e. The van der Waals surface area contributed by atoms with Crippen LogP contribution in [0.2, 0.25) is 5.02 Å². The van der Waals surface area contributed by atoms with E-state index in [0.29, 0.717) is 23.6 Å². The van der Waals surface area contributed by atoms with Crippen molar-refractivity contribution in [2.75, 3.05) is 11.4 Å². The number of primary amides is 1. The predicted octanol–water partition coefficient (Wildman–Crippen LogP) is 1.89. The summed E-state index contributed by atoms with van der Waals surface area (Å²) in [6, 6.07) is 4.82. The lowest BCUT2D eigenvalue weighted by molar-refractivity contribution is -0.131. The van der Waals surface area contributed by atoms with Crippen molar-refractivity contribution in [1.82, 2.24) is 0 Å². The number of nitrogens with zero attached hydrogens (tertiary/aromatic N) is 1. The van der Waals surface area contributed by atoms with Crippen LogP contribution >= 0.6 is 11.6 Å². The highest BCUT2D eigenvalue weighted by Crippen LogP contribution is 2.31. The van der Waals surface area contributed by atoms with Crippen molar-refractivity contribution in [2.45, 2.75) is 18.9 Å². The van der Waals surface area contributed by atoms with Gasteiger partial charge in [-0.25, -0.2) is 4.79 Å². The lowest BCUT2D eigenvalue weighted by atomic mass is 10.1. The molecule has 0 aliphatic carbocycles. The molecule has 6 heteroatoms. The highest BCUT2D eigenvalue weighted by Gasteiger charge is 2.30. The number of anilines is 1. The quantitative estimate of drug-likeness (QED) is 0.831. The van der Waals surface area contributed by atoms with Crippen LogP contribution in [0, 0.1) is 0 Å². The Bertz CT molecular complexity index is 572. The molecule has 3 N–H and O–H groups in total. The molecule has 106 valence electrons. The second-order valence-corrected chi connectivity index (χ2v) is 5.06. The number of rotatable bonds is 4. The molecule has 20 heavy (non-hydrogen) atoms. The topological polar surface area (TPSA) is 83.6 Å². The summed E-state index contributed by atoms with van der Waals surface area (Å²) in [7, 11) is 0. The maximum Gasteiger partial charge on any atom is 0.328 e. The molecule has 1 aliphatic heterocycles. The van der Waals surface area contributed by atoms with Crippen LogP contribution in [0.4, 0.5) is 5.69 Å². The van der Waals surface area contributed by atoms with E-state index < -0.39 is 5.97 Å². The minimum atomic E-state index is -1.04. The van der Waals surface area contributed by atoms with Gasteiger partial charge >= 0.3 is 5.97 Å². The number of halogens is 1. The molecular formula is C14H15ClN2O3. The fourth-order valence-corrected chi connectivity index (χ4v) is 2.61. The van der Waals surface area contributed by atoms with Gasteiger partial charge in [-0.3, -0.25) is 4.79 Å². The first-order valence-corrected chi connectivity index (χ1v) is 6.63. The summed E-state index contributed by atoms with van der Waals surface area (Å²) < 4.78 is 0. The SMILES string of the molecule is NC(=O)C1CCCN1c1ccc(Cl)cc1/C=C/C(=O)O. The number of hydrogen-bond acceptors (Lipinski definition) is 3. The first-order chi connectivity index (χ1) is 9.49. The number of carbonyl (C=O) groups excluding carboxylic acids is 1. The molecule has 1 amide bonds. The van der Waals surface area contributed by atoms with Crippen LogP contribution in [0.15, 0.2) is 24.3 Å². The van der Waals surface area contributed by atoms with Gasteiger partial charge in [-0.1, -0.05) is 11.6 Å². The van der Waals surface area contributed by atoms with Gasteiger partial charge in [-0.05, 0) is 42.7 Å². The normalized spacial score (nSPS) is 18.6. The highest BCUT2D eigenvalue weighted by atomic mass is 35.5. The molecule has 1 aromatic carbocycles. The summed E-state index contributed by atoms with van der Waals surface area (Å²) in [5.74, 6) is -1.41. The van der Waals surface area contributed by atoms with E-state index in [1.54, 1.807) is 18.2 Å². The van der Waals surface area contributed by atoms with Crippen LogP contribution in [0.3, 0.4) is 0 Å². The van der Waals surface area contributed by atoms with E-state index in [9.17, 15) is 9.59 Å². The van der Waals surface area contributed by atoms with Crippen LogP contribution in [0.1, 0.15) is 18.4 Å². The molecule has 1 saturated heterocycles. The Balaban J connectivity index is 2.40. The Kier molecular flexibility index (Phi) is 4.29. The number of amides is 1. The molecule has 1 aromatic rings. The van der Waals surface area contributed by atoms with E-state index in [0.717, 1.165) is 18.2 Å². The zero-order valence-electron chi connectivity index (χ0n) is 10.8. The minimum absolute atomic E-state index is 0.354. The lowest BCUT2D eigenvalue weighted by Gasteiger charge is -2.26. The Morgan fingerprint density at radius 1 is 1.45 bits per heavy atom. The van der Waals surface area contributed by atoms with Gasteiger partial charge in [0.25, 0.3) is 0 Å². The number of hydrogen-bond donors (Lipinski definition) is 2. The molecule has 0 bridgehead atoms.